The Hall–Kier alpha value is -0.910. The minimum atomic E-state index is -4.75. The minimum Gasteiger partial charge on any atom is -0.744 e. The summed E-state index contributed by atoms with van der Waals surface area (Å²) in [5.74, 6) is -0.953. The fourth-order valence-electron chi connectivity index (χ4n) is 1.48. The molecule has 6 nitrogen and oxygen atoms in total. The van der Waals surface area contributed by atoms with E-state index in [-0.39, 0.29) is 41.0 Å². The molecule has 1 amide bonds. The maximum absolute atomic E-state index is 12.1. The van der Waals surface area contributed by atoms with Gasteiger partial charge in [0.1, 0.15) is 15.7 Å². The second-order valence-electron chi connectivity index (χ2n) is 4.87. The Kier molecular flexibility index (Phi) is 7.06. The zero-order valence-electron chi connectivity index (χ0n) is 12.4. The van der Waals surface area contributed by atoms with Crippen molar-refractivity contribution < 1.29 is 47.3 Å². The first-order chi connectivity index (χ1) is 9.12. The SMILES string of the molecule is CC(C)C(C)(C#N)NC(=O)c1ccccc1S(=O)(=O)[O-].[Na+]. The summed E-state index contributed by atoms with van der Waals surface area (Å²) in [6.07, 6.45) is 0. The molecule has 0 heterocycles. The molecular formula is C13H15N2NaO4S. The molecule has 0 fully saturated rings. The van der Waals surface area contributed by atoms with Gasteiger partial charge >= 0.3 is 29.6 Å². The zero-order valence-corrected chi connectivity index (χ0v) is 15.2. The van der Waals surface area contributed by atoms with Crippen molar-refractivity contribution in [1.82, 2.24) is 5.32 Å². The van der Waals surface area contributed by atoms with E-state index in [2.05, 4.69) is 5.32 Å². The number of benzene rings is 1. The third-order valence-corrected chi connectivity index (χ3v) is 4.06. The molecule has 1 rings (SSSR count). The van der Waals surface area contributed by atoms with Crippen molar-refractivity contribution in [3.05, 3.63) is 29.8 Å². The summed E-state index contributed by atoms with van der Waals surface area (Å²) in [6.45, 7) is 5.03. The summed E-state index contributed by atoms with van der Waals surface area (Å²) in [5, 5.41) is 11.6. The molecule has 0 aliphatic rings. The molecule has 0 aliphatic carbocycles. The number of amides is 1. The molecule has 0 saturated carbocycles. The van der Waals surface area contributed by atoms with Gasteiger partial charge in [-0.3, -0.25) is 4.79 Å². The van der Waals surface area contributed by atoms with Crippen molar-refractivity contribution in [2.45, 2.75) is 31.2 Å². The van der Waals surface area contributed by atoms with E-state index >= 15 is 0 Å². The molecule has 1 N–H and O–H groups in total. The number of carbonyl (C=O) groups excluding carboxylic acids is 1. The van der Waals surface area contributed by atoms with Crippen LogP contribution in [0, 0.1) is 17.2 Å². The number of carbonyl (C=O) groups is 1. The first-order valence-electron chi connectivity index (χ1n) is 5.90. The number of rotatable bonds is 4. The fraction of sp³-hybridized carbons (Fsp3) is 0.385. The summed E-state index contributed by atoms with van der Waals surface area (Å²) in [5.41, 5.74) is -1.42. The Labute approximate surface area is 146 Å². The van der Waals surface area contributed by atoms with E-state index in [9.17, 15) is 17.8 Å². The molecule has 8 heteroatoms. The topological polar surface area (TPSA) is 110 Å². The minimum absolute atomic E-state index is 0. The Bertz CT molecular complexity index is 667. The van der Waals surface area contributed by atoms with E-state index in [1.54, 1.807) is 13.8 Å². The van der Waals surface area contributed by atoms with Crippen molar-refractivity contribution in [3.63, 3.8) is 0 Å². The predicted molar refractivity (Wildman–Crippen MR) is 70.7 cm³/mol. The second kappa shape index (κ2) is 7.38. The second-order valence-corrected chi connectivity index (χ2v) is 6.22. The van der Waals surface area contributed by atoms with Crippen molar-refractivity contribution in [3.8, 4) is 6.07 Å². The number of nitriles is 1. The van der Waals surface area contributed by atoms with Gasteiger partial charge in [0.05, 0.1) is 16.5 Å². The quantitative estimate of drug-likeness (QED) is 0.523. The summed E-state index contributed by atoms with van der Waals surface area (Å²) in [6, 6.07) is 7.08. The first kappa shape index (κ1) is 20.1. The van der Waals surface area contributed by atoms with E-state index < -0.39 is 26.5 Å². The van der Waals surface area contributed by atoms with Crippen LogP contribution in [0.3, 0.4) is 0 Å². The van der Waals surface area contributed by atoms with Gasteiger partial charge in [-0.2, -0.15) is 5.26 Å². The van der Waals surface area contributed by atoms with Crippen LogP contribution >= 0.6 is 0 Å². The molecule has 0 saturated heterocycles. The average molecular weight is 318 g/mol. The number of nitrogens with one attached hydrogen (secondary N) is 1. The van der Waals surface area contributed by atoms with Crippen LogP contribution in [-0.2, 0) is 10.1 Å². The van der Waals surface area contributed by atoms with Crippen molar-refractivity contribution in [1.29, 1.82) is 5.26 Å². The molecule has 0 radical (unpaired) electrons. The normalized spacial score (nSPS) is 13.7. The monoisotopic (exact) mass is 318 g/mol. The van der Waals surface area contributed by atoms with Gasteiger partial charge in [-0.15, -0.1) is 0 Å². The van der Waals surface area contributed by atoms with Crippen LogP contribution < -0.4 is 34.9 Å². The Morgan fingerprint density at radius 1 is 1.38 bits per heavy atom. The van der Waals surface area contributed by atoms with E-state index in [4.69, 9.17) is 5.26 Å². The van der Waals surface area contributed by atoms with E-state index in [1.807, 2.05) is 6.07 Å². The van der Waals surface area contributed by atoms with Gasteiger partial charge in [0, 0.05) is 0 Å². The number of hydrogen-bond donors (Lipinski definition) is 1. The largest absolute Gasteiger partial charge is 1.00 e. The maximum atomic E-state index is 12.1. The van der Waals surface area contributed by atoms with Crippen molar-refractivity contribution in [2.24, 2.45) is 5.92 Å². The molecule has 21 heavy (non-hydrogen) atoms. The third-order valence-electron chi connectivity index (χ3n) is 3.16. The summed E-state index contributed by atoms with van der Waals surface area (Å²) in [7, 11) is -4.75. The first-order valence-corrected chi connectivity index (χ1v) is 7.31. The third kappa shape index (κ3) is 4.80. The summed E-state index contributed by atoms with van der Waals surface area (Å²) in [4.78, 5) is 11.5. The van der Waals surface area contributed by atoms with Gasteiger partial charge < -0.3 is 9.87 Å². The zero-order chi connectivity index (χ0) is 15.6. The van der Waals surface area contributed by atoms with Gasteiger partial charge in [-0.1, -0.05) is 26.0 Å². The van der Waals surface area contributed by atoms with Crippen LogP contribution in [0.5, 0.6) is 0 Å². The molecule has 0 aliphatic heterocycles. The van der Waals surface area contributed by atoms with Gasteiger partial charge in [-0.25, -0.2) is 8.42 Å². The molecule has 0 aromatic heterocycles. The molecule has 1 aromatic rings. The van der Waals surface area contributed by atoms with Crippen molar-refractivity contribution in [2.75, 3.05) is 0 Å². The van der Waals surface area contributed by atoms with E-state index in [0.717, 1.165) is 6.07 Å². The smallest absolute Gasteiger partial charge is 0.744 e. The van der Waals surface area contributed by atoms with Crippen molar-refractivity contribution >= 4 is 16.0 Å². The molecule has 108 valence electrons. The maximum Gasteiger partial charge on any atom is 1.00 e. The van der Waals surface area contributed by atoms with E-state index in [1.165, 1.54) is 25.1 Å². The fourth-order valence-corrected chi connectivity index (χ4v) is 2.15. The van der Waals surface area contributed by atoms with Gasteiger partial charge in [0.25, 0.3) is 5.91 Å². The van der Waals surface area contributed by atoms with Crippen LogP contribution in [0.25, 0.3) is 0 Å². The Morgan fingerprint density at radius 2 is 1.90 bits per heavy atom. The van der Waals surface area contributed by atoms with Gasteiger partial charge in [0.15, 0.2) is 0 Å². The summed E-state index contributed by atoms with van der Waals surface area (Å²) >= 11 is 0. The van der Waals surface area contributed by atoms with Crippen LogP contribution in [-0.4, -0.2) is 24.4 Å². The Morgan fingerprint density at radius 3 is 2.33 bits per heavy atom. The molecule has 1 aromatic carbocycles. The van der Waals surface area contributed by atoms with Crippen LogP contribution in [0.15, 0.2) is 29.2 Å². The summed E-state index contributed by atoms with van der Waals surface area (Å²) < 4.78 is 33.4. The molecule has 1 unspecified atom stereocenters. The van der Waals surface area contributed by atoms with Gasteiger partial charge in [0.2, 0.25) is 0 Å². The molecule has 0 bridgehead atoms. The predicted octanol–water partition coefficient (Wildman–Crippen LogP) is -1.74. The molecule has 0 spiro atoms. The van der Waals surface area contributed by atoms with E-state index in [0.29, 0.717) is 0 Å². The molecule has 1 atom stereocenters. The standard InChI is InChI=1S/C13H16N2O4S.Na/c1-9(2)13(3,8-14)15-12(16)10-6-4-5-7-11(10)20(17,18)19;/h4-7,9H,1-3H3,(H,15,16)(H,17,18,19);/q;+1/p-1. The number of nitrogens with zero attached hydrogens (tertiary/aromatic N) is 1. The van der Waals surface area contributed by atoms with Gasteiger partial charge in [-0.05, 0) is 25.0 Å². The Balaban J connectivity index is 0.00000400. The van der Waals surface area contributed by atoms with Crippen LogP contribution in [0.1, 0.15) is 31.1 Å². The average Bonchev–Trinajstić information content (AvgIpc) is 2.37. The van der Waals surface area contributed by atoms with Crippen LogP contribution in [0.2, 0.25) is 0 Å². The number of hydrogen-bond acceptors (Lipinski definition) is 5. The van der Waals surface area contributed by atoms with Crippen LogP contribution in [0.4, 0.5) is 0 Å². The molecular weight excluding hydrogens is 303 g/mol.